The van der Waals surface area contributed by atoms with E-state index in [4.69, 9.17) is 80.5 Å². The van der Waals surface area contributed by atoms with Crippen molar-refractivity contribution in [2.75, 3.05) is 33.0 Å². The maximum Gasteiger partial charge on any atom is 0.320 e. The summed E-state index contributed by atoms with van der Waals surface area (Å²) in [6.45, 7) is 3.70. The molecular formula is C94H98O21. The molecule has 8 aliphatic rings. The number of rotatable bonds is 40. The first-order valence-corrected chi connectivity index (χ1v) is 39.7. The molecule has 4 heterocycles. The summed E-state index contributed by atoms with van der Waals surface area (Å²) in [5.74, 6) is -4.09. The Kier molecular flexibility index (Phi) is 24.3. The fourth-order valence-electron chi connectivity index (χ4n) is 17.8. The van der Waals surface area contributed by atoms with E-state index in [9.17, 15) is 20.4 Å². The maximum absolute atomic E-state index is 13.4. The van der Waals surface area contributed by atoms with Crippen LogP contribution in [-0.2, 0) is 140 Å². The van der Waals surface area contributed by atoms with E-state index in [-0.39, 0.29) is 84.4 Å². The van der Waals surface area contributed by atoms with Gasteiger partial charge in [-0.05, 0) is 50.1 Å². The molecule has 14 unspecified atom stereocenters. The van der Waals surface area contributed by atoms with Crippen molar-refractivity contribution in [3.8, 4) is 0 Å². The van der Waals surface area contributed by atoms with Crippen LogP contribution in [0.4, 0.5) is 0 Å². The van der Waals surface area contributed by atoms with Crippen LogP contribution in [0.3, 0.4) is 0 Å². The van der Waals surface area contributed by atoms with E-state index in [1.54, 1.807) is 6.08 Å². The number of ether oxygens (including phenoxy) is 17. The maximum atomic E-state index is 13.4. The molecule has 9 aromatic carbocycles. The van der Waals surface area contributed by atoms with E-state index in [0.29, 0.717) is 0 Å². The van der Waals surface area contributed by atoms with Crippen molar-refractivity contribution in [2.24, 2.45) is 23.7 Å². The van der Waals surface area contributed by atoms with Gasteiger partial charge in [0, 0.05) is 0 Å². The largest absolute Gasteiger partial charge is 0.505 e. The standard InChI is InChI=1S/C94H98O21/c1-2-48-100-89-81(101-52-63-32-14-4-15-33-63)78-86(114-90-82(102-53-64-34-16-5-17-35-64)77-85(105-56-67-40-22-8-23-41-67)92(77,72(50-96)111-90)108-58-69-44-26-10-27-45-69)94(78,115-88-80(98)76-83(103-54-65-36-18-6-19-37-65)91(76,71(49-95)110-88)107-57-68-42-24-9-25-43-68)74(113-89)61-106-87-79(97)75-84(104-55-66-38-20-7-21-39-66)93(75,109-59-70-46-28-11-29-47-70)73(112-87)60-99-51-62-30-12-3-13-31-62/h2-47,71-79,81-87,89-90,95-98H,1,48-61H2/t71?,72?,73?,74?,75-,76?,77-,78?,79?,81?,82?,83?,84?,85?,86?,87+,89-,90-,91?,92+,93+,94-/m0/s1. The third-order valence-electron chi connectivity index (χ3n) is 23.7. The number of aliphatic hydroxyl groups excluding tert-OH is 4. The summed E-state index contributed by atoms with van der Waals surface area (Å²) in [4.78, 5) is 0. The predicted octanol–water partition coefficient (Wildman–Crippen LogP) is 12.5. The molecule has 4 aliphatic carbocycles. The van der Waals surface area contributed by atoms with Crippen molar-refractivity contribution in [1.29, 1.82) is 0 Å². The Morgan fingerprint density at radius 2 is 0.696 bits per heavy atom. The molecule has 7 fully saturated rings. The van der Waals surface area contributed by atoms with Crippen LogP contribution >= 0.6 is 0 Å². The molecule has 21 nitrogen and oxygen atoms in total. The molecule has 4 N–H and O–H groups in total. The Bertz CT molecular complexity index is 4590. The van der Waals surface area contributed by atoms with Crippen molar-refractivity contribution >= 4 is 0 Å². The monoisotopic (exact) mass is 1560 g/mol. The summed E-state index contributed by atoms with van der Waals surface area (Å²) in [5.41, 5.74) is 2.05. The molecule has 21 heteroatoms. The van der Waals surface area contributed by atoms with Crippen LogP contribution in [0.25, 0.3) is 0 Å². The second-order valence-electron chi connectivity index (χ2n) is 30.7. The normalized spacial score (nSPS) is 32.5. The minimum Gasteiger partial charge on any atom is -0.505 e. The number of aliphatic hydroxyl groups is 4. The van der Waals surface area contributed by atoms with E-state index >= 15 is 0 Å². The lowest BCUT2D eigenvalue weighted by molar-refractivity contribution is -0.322. The molecule has 0 bridgehead atoms. The van der Waals surface area contributed by atoms with E-state index in [1.807, 2.05) is 273 Å². The zero-order valence-corrected chi connectivity index (χ0v) is 63.8. The molecule has 600 valence electrons. The lowest BCUT2D eigenvalue weighted by Crippen LogP contribution is -2.57. The second kappa shape index (κ2) is 35.5. The minimum atomic E-state index is -1.90. The lowest BCUT2D eigenvalue weighted by Gasteiger charge is -2.43. The van der Waals surface area contributed by atoms with Gasteiger partial charge in [0.15, 0.2) is 36.3 Å². The zero-order chi connectivity index (χ0) is 78.2. The zero-order valence-electron chi connectivity index (χ0n) is 63.8. The van der Waals surface area contributed by atoms with Gasteiger partial charge in [-0.1, -0.05) is 279 Å². The van der Waals surface area contributed by atoms with Gasteiger partial charge in [0.2, 0.25) is 0 Å². The average molecular weight is 1560 g/mol. The molecule has 115 heavy (non-hydrogen) atoms. The van der Waals surface area contributed by atoms with Gasteiger partial charge in [0.25, 0.3) is 0 Å². The summed E-state index contributed by atoms with van der Waals surface area (Å²) < 4.78 is 121. The highest BCUT2D eigenvalue weighted by Crippen LogP contribution is 2.67. The molecule has 0 radical (unpaired) electrons. The Hall–Kier alpha value is -8.86. The molecule has 17 rings (SSSR count). The van der Waals surface area contributed by atoms with Crippen LogP contribution < -0.4 is 0 Å². The van der Waals surface area contributed by atoms with Gasteiger partial charge in [0.1, 0.15) is 65.6 Å². The van der Waals surface area contributed by atoms with Gasteiger partial charge in [-0.25, -0.2) is 0 Å². The number of benzene rings is 9. The molecule has 4 saturated carbocycles. The summed E-state index contributed by atoms with van der Waals surface area (Å²) >= 11 is 0. The van der Waals surface area contributed by atoms with Crippen molar-refractivity contribution < 1.29 is 101 Å². The first kappa shape index (κ1) is 78.7. The molecule has 9 aromatic rings. The quantitative estimate of drug-likeness (QED) is 0.0261. The van der Waals surface area contributed by atoms with E-state index in [0.717, 1.165) is 50.1 Å². The van der Waals surface area contributed by atoms with Crippen LogP contribution in [0.15, 0.2) is 297 Å². The topological polar surface area (TPSA) is 238 Å². The highest BCUT2D eigenvalue weighted by atomic mass is 16.8. The van der Waals surface area contributed by atoms with Gasteiger partial charge < -0.3 is 101 Å². The van der Waals surface area contributed by atoms with Crippen LogP contribution in [0.1, 0.15) is 50.1 Å². The molecule has 0 spiro atoms. The van der Waals surface area contributed by atoms with Crippen molar-refractivity contribution in [2.45, 2.75) is 168 Å². The number of hydrogen-bond acceptors (Lipinski definition) is 21. The van der Waals surface area contributed by atoms with Crippen LogP contribution in [0.2, 0.25) is 0 Å². The Morgan fingerprint density at radius 3 is 1.14 bits per heavy atom. The molecule has 3 saturated heterocycles. The first-order chi connectivity index (χ1) is 56.7. The van der Waals surface area contributed by atoms with Gasteiger partial charge in [0.05, 0.1) is 128 Å². The second-order valence-corrected chi connectivity index (χ2v) is 30.7. The van der Waals surface area contributed by atoms with E-state index < -0.39 is 152 Å². The molecule has 0 amide bonds. The summed E-state index contributed by atoms with van der Waals surface area (Å²) in [6.07, 6.45) is -14.0. The van der Waals surface area contributed by atoms with Gasteiger partial charge in [-0.2, -0.15) is 0 Å². The van der Waals surface area contributed by atoms with Gasteiger partial charge in [-0.3, -0.25) is 0 Å². The van der Waals surface area contributed by atoms with Crippen LogP contribution in [0, 0.1) is 23.7 Å². The average Bonchev–Trinajstić information content (AvgIpc) is 1.50. The summed E-state index contributed by atoms with van der Waals surface area (Å²) in [5, 5.41) is 50.4. The van der Waals surface area contributed by atoms with Crippen molar-refractivity contribution in [1.82, 2.24) is 0 Å². The highest BCUT2D eigenvalue weighted by molar-refractivity contribution is 5.37. The minimum absolute atomic E-state index is 0.00708. The van der Waals surface area contributed by atoms with E-state index in [2.05, 4.69) is 6.58 Å². The number of fused-ring (bicyclic) bond motifs is 4. The van der Waals surface area contributed by atoms with Crippen molar-refractivity contribution in [3.05, 3.63) is 347 Å². The van der Waals surface area contributed by atoms with Crippen LogP contribution in [-0.4, -0.2) is 162 Å². The van der Waals surface area contributed by atoms with Gasteiger partial charge in [-0.15, -0.1) is 6.58 Å². The Balaban J connectivity index is 0.775. The first-order valence-electron chi connectivity index (χ1n) is 39.7. The summed E-state index contributed by atoms with van der Waals surface area (Å²) in [6, 6.07) is 87.7. The lowest BCUT2D eigenvalue weighted by atomic mass is 10.0. The molecular weight excluding hydrogens is 1470 g/mol. The predicted molar refractivity (Wildman–Crippen MR) is 419 cm³/mol. The fraction of sp³-hybridized carbons (Fsp3) is 0.383. The highest BCUT2D eigenvalue weighted by Gasteiger charge is 2.85. The fourth-order valence-corrected chi connectivity index (χ4v) is 17.8. The smallest absolute Gasteiger partial charge is 0.320 e. The SMILES string of the molecule is C=CCO[C@H]1OC(CO[C@@H]2OC(COCc3ccccc3)[C@]3(OCc4ccccc4)C(OCc4ccccc4)[C@@H]3C2O)[C@@]2(OC3=C(O)C4C(OCc5ccccc5)C4(OCc4ccccc4)C(CO)O3)C(O[C@@H]3OC(CO)[C@]4(OCc5ccccc5)C(OCc5ccccc5)[C@@H]4C3OCc3ccccc3)C2C1OCc1ccccc1. The Morgan fingerprint density at radius 1 is 0.339 bits per heavy atom. The summed E-state index contributed by atoms with van der Waals surface area (Å²) in [7, 11) is 0. The molecule has 0 aromatic heterocycles. The molecule has 22 atom stereocenters. The third kappa shape index (κ3) is 16.3. The van der Waals surface area contributed by atoms with Crippen LogP contribution in [0.5, 0.6) is 0 Å². The third-order valence-corrected chi connectivity index (χ3v) is 23.7. The number of hydrogen-bond donors (Lipinski definition) is 4. The van der Waals surface area contributed by atoms with E-state index in [1.165, 1.54) is 0 Å². The van der Waals surface area contributed by atoms with Crippen molar-refractivity contribution in [3.63, 3.8) is 0 Å². The molecule has 4 aliphatic heterocycles. The van der Waals surface area contributed by atoms with Gasteiger partial charge >= 0.3 is 5.95 Å². The Labute approximate surface area is 669 Å².